The smallest absolute Gasteiger partial charge is 0.352 e. The number of aromatic nitrogens is 3. The van der Waals surface area contributed by atoms with Crippen LogP contribution in [0.4, 0.5) is 10.9 Å². The fourth-order valence-electron chi connectivity index (χ4n) is 6.26. The quantitative estimate of drug-likeness (QED) is 0.0511. The molecule has 1 fully saturated rings. The number of nitrogens with two attached hydrogens (primary N) is 2. The fraction of sp³-hybridized carbons (Fsp3) is 0.400. The van der Waals surface area contributed by atoms with Crippen LogP contribution in [0.5, 0.6) is 5.75 Å². The number of ketones is 1. The number of thiazole rings is 1. The molecule has 5 heterocycles. The molecule has 2 aromatic heterocycles. The summed E-state index contributed by atoms with van der Waals surface area (Å²) >= 11 is 2.45. The molecule has 18 heteroatoms. The predicted molar refractivity (Wildman–Crippen MR) is 197 cm³/mol. The van der Waals surface area contributed by atoms with Crippen LogP contribution in [0.1, 0.15) is 44.4 Å². The molecule has 0 unspecified atom stereocenters. The number of nitrogen functional groups attached to an aromatic ring is 1. The zero-order chi connectivity index (χ0) is 38.0. The van der Waals surface area contributed by atoms with Gasteiger partial charge >= 0.3 is 11.9 Å². The van der Waals surface area contributed by atoms with Gasteiger partial charge in [-0.1, -0.05) is 23.9 Å². The number of allylic oxidation sites excluding steroid dienone is 1. The molecule has 6 rings (SSSR count). The van der Waals surface area contributed by atoms with Gasteiger partial charge in [0.15, 0.2) is 35.2 Å². The zero-order valence-corrected chi connectivity index (χ0v) is 30.9. The van der Waals surface area contributed by atoms with Crippen molar-refractivity contribution < 1.29 is 43.6 Å². The van der Waals surface area contributed by atoms with Crippen LogP contribution >= 0.6 is 23.1 Å². The summed E-state index contributed by atoms with van der Waals surface area (Å²) in [5.41, 5.74) is 11.7. The van der Waals surface area contributed by atoms with E-state index < -0.39 is 40.5 Å². The van der Waals surface area contributed by atoms with E-state index in [9.17, 15) is 29.4 Å². The number of carboxylic acid groups (broad SMARTS) is 2. The molecule has 3 aliphatic rings. The number of nitrogens with zero attached hydrogens (tertiary/aromatic N) is 6. The molecule has 0 spiro atoms. The van der Waals surface area contributed by atoms with Gasteiger partial charge in [-0.2, -0.15) is 0 Å². The van der Waals surface area contributed by atoms with E-state index in [1.807, 2.05) is 41.2 Å². The topological polar surface area (TPSA) is 220 Å². The second-order valence-electron chi connectivity index (χ2n) is 13.4. The lowest BCUT2D eigenvalue weighted by Gasteiger charge is -2.49. The summed E-state index contributed by atoms with van der Waals surface area (Å²) in [6.07, 6.45) is 3.13. The molecule has 6 N–H and O–H groups in total. The van der Waals surface area contributed by atoms with E-state index in [4.69, 9.17) is 21.0 Å². The monoisotopic (exact) mass is 765 g/mol. The summed E-state index contributed by atoms with van der Waals surface area (Å²) < 4.78 is 9.87. The number of anilines is 2. The van der Waals surface area contributed by atoms with Crippen LogP contribution in [-0.4, -0.2) is 84.0 Å². The molecule has 3 aromatic rings. The number of aliphatic carboxylic acids is 2. The Bertz CT molecular complexity index is 2000. The van der Waals surface area contributed by atoms with Crippen molar-refractivity contribution in [2.75, 3.05) is 29.5 Å². The number of oxime groups is 1. The number of thioether (sulfide) groups is 1. The van der Waals surface area contributed by atoms with Crippen LogP contribution in [-0.2, 0) is 43.7 Å². The third kappa shape index (κ3) is 8.02. The van der Waals surface area contributed by atoms with Gasteiger partial charge in [0, 0.05) is 41.9 Å². The maximum atomic E-state index is 13.5. The first kappa shape index (κ1) is 37.4. The number of amides is 1. The molecule has 2 atom stereocenters. The summed E-state index contributed by atoms with van der Waals surface area (Å²) in [7, 11) is 0. The van der Waals surface area contributed by atoms with Crippen LogP contribution in [0, 0.1) is 5.92 Å². The van der Waals surface area contributed by atoms with Crippen LogP contribution in [0.25, 0.3) is 0 Å². The Kier molecular flexibility index (Phi) is 10.8. The second kappa shape index (κ2) is 15.3. The first-order valence-electron chi connectivity index (χ1n) is 16.9. The molecule has 1 aromatic carbocycles. The Morgan fingerprint density at radius 2 is 1.92 bits per heavy atom. The van der Waals surface area contributed by atoms with Crippen molar-refractivity contribution in [1.82, 2.24) is 14.6 Å². The van der Waals surface area contributed by atoms with Crippen molar-refractivity contribution in [1.29, 1.82) is 0 Å². The first-order valence-corrected chi connectivity index (χ1v) is 18.8. The molecule has 280 valence electrons. The summed E-state index contributed by atoms with van der Waals surface area (Å²) in [6.45, 7) is 9.25. The Balaban J connectivity index is 1.12. The first-order chi connectivity index (χ1) is 25.2. The van der Waals surface area contributed by atoms with Crippen LogP contribution < -0.4 is 25.8 Å². The number of carbonyl (C=O) groups excluding carboxylic acids is 2. The lowest BCUT2D eigenvalue weighted by Crippen LogP contribution is -2.62. The SMILES string of the molecule is C=C(N)CCCOc1ccc(CN2CCn3c2cc[n+]3CC2=C(C(=O)O)N3C(=O)[C@@H](CC(=O)/C(=N\OC(C)(C)C(=O)O)c4csc(N)n4)[C@H]3SC2)cc1. The van der Waals surface area contributed by atoms with E-state index in [-0.39, 0.29) is 35.2 Å². The number of fused-ring (bicyclic) bond motifs is 2. The number of Topliss-reactive ketones (excluding diaryl/α,β-unsaturated/α-hetero) is 1. The Hall–Kier alpha value is -5.36. The third-order valence-electron chi connectivity index (χ3n) is 9.11. The lowest BCUT2D eigenvalue weighted by molar-refractivity contribution is -0.766. The number of hydrogen-bond donors (Lipinski definition) is 4. The molecular weight excluding hydrogens is 725 g/mol. The van der Waals surface area contributed by atoms with E-state index >= 15 is 0 Å². The molecule has 0 bridgehead atoms. The van der Waals surface area contributed by atoms with Gasteiger partial charge in [0.05, 0.1) is 30.5 Å². The molecule has 0 radical (unpaired) electrons. The molecular formula is C35H41N8O8S2+. The minimum Gasteiger partial charge on any atom is -0.494 e. The van der Waals surface area contributed by atoms with Gasteiger partial charge in [0.1, 0.15) is 17.1 Å². The van der Waals surface area contributed by atoms with Crippen molar-refractivity contribution in [3.8, 4) is 5.75 Å². The molecule has 3 aliphatic heterocycles. The lowest BCUT2D eigenvalue weighted by atomic mass is 9.89. The van der Waals surface area contributed by atoms with Crippen LogP contribution in [0.3, 0.4) is 0 Å². The Labute approximate surface area is 313 Å². The fourth-order valence-corrected chi connectivity index (χ4v) is 8.21. The maximum Gasteiger partial charge on any atom is 0.352 e. The normalized spacial score (nSPS) is 18.4. The molecule has 1 amide bonds. The van der Waals surface area contributed by atoms with E-state index in [2.05, 4.69) is 26.3 Å². The maximum absolute atomic E-state index is 13.5. The van der Waals surface area contributed by atoms with Gasteiger partial charge in [0.2, 0.25) is 11.5 Å². The van der Waals surface area contributed by atoms with Crippen LogP contribution in [0.15, 0.2) is 70.6 Å². The highest BCUT2D eigenvalue weighted by Gasteiger charge is 2.54. The number of hydrogen-bond acceptors (Lipinski definition) is 13. The van der Waals surface area contributed by atoms with Crippen molar-refractivity contribution in [2.24, 2.45) is 16.8 Å². The van der Waals surface area contributed by atoms with E-state index in [0.717, 1.165) is 47.9 Å². The second-order valence-corrected chi connectivity index (χ2v) is 15.4. The standard InChI is InChI=1S/C35H40N8O8S2/c1-20(36)5-4-14-50-23-8-6-21(7-9-23)16-40-12-13-42-27(40)10-11-41(42)17-22-18-52-31-24(30(45)43(31)29(22)32(46)47)15-26(44)28(25-19-53-34(37)38-25)39-51-35(2,3)33(48)49/h6-11,19,24,31H,1,4-5,12-18,36H2,2-3H3,(H3-,37,38,46,47,48,49)/p+1/b39-28-/t24-,31-/m1/s1. The highest BCUT2D eigenvalue weighted by atomic mass is 32.2. The van der Waals surface area contributed by atoms with Crippen LogP contribution in [0.2, 0.25) is 0 Å². The highest BCUT2D eigenvalue weighted by molar-refractivity contribution is 8.00. The van der Waals surface area contributed by atoms with Gasteiger partial charge in [-0.15, -0.1) is 32.5 Å². The van der Waals surface area contributed by atoms with Gasteiger partial charge in [0.25, 0.3) is 0 Å². The summed E-state index contributed by atoms with van der Waals surface area (Å²) in [5.74, 6) is -2.32. The van der Waals surface area contributed by atoms with E-state index in [1.165, 1.54) is 35.9 Å². The highest BCUT2D eigenvalue weighted by Crippen LogP contribution is 2.45. The average Bonchev–Trinajstić information content (AvgIpc) is 3.84. The molecule has 0 aliphatic carbocycles. The number of carbonyl (C=O) groups is 4. The number of rotatable bonds is 17. The summed E-state index contributed by atoms with van der Waals surface area (Å²) in [5, 5.41) is 24.6. The number of carboxylic acids is 2. The summed E-state index contributed by atoms with van der Waals surface area (Å²) in [6, 6.07) is 9.99. The van der Waals surface area contributed by atoms with Crippen molar-refractivity contribution in [3.05, 3.63) is 76.7 Å². The Morgan fingerprint density at radius 3 is 2.58 bits per heavy atom. The minimum atomic E-state index is -1.74. The van der Waals surface area contributed by atoms with E-state index in [0.29, 0.717) is 36.7 Å². The average molecular weight is 766 g/mol. The zero-order valence-electron chi connectivity index (χ0n) is 29.3. The number of ether oxygens (including phenoxy) is 1. The van der Waals surface area contributed by atoms with Gasteiger partial charge in [-0.3, -0.25) is 14.5 Å². The van der Waals surface area contributed by atoms with Gasteiger partial charge in [-0.05, 0) is 44.4 Å². The molecule has 53 heavy (non-hydrogen) atoms. The Morgan fingerprint density at radius 1 is 1.17 bits per heavy atom. The van der Waals surface area contributed by atoms with Crippen molar-refractivity contribution in [2.45, 2.75) is 63.7 Å². The van der Waals surface area contributed by atoms with E-state index in [1.54, 1.807) is 0 Å². The molecule has 0 saturated carbocycles. The third-order valence-corrected chi connectivity index (χ3v) is 11.2. The largest absolute Gasteiger partial charge is 0.494 e. The van der Waals surface area contributed by atoms with Crippen molar-refractivity contribution in [3.63, 3.8) is 0 Å². The van der Waals surface area contributed by atoms with Gasteiger partial charge in [-0.25, -0.2) is 14.6 Å². The summed E-state index contributed by atoms with van der Waals surface area (Å²) in [4.78, 5) is 64.0. The number of β-lactam (4-membered cyclic amide) rings is 1. The molecule has 1 saturated heterocycles. The van der Waals surface area contributed by atoms with Crippen molar-refractivity contribution >= 4 is 63.4 Å². The van der Waals surface area contributed by atoms with Gasteiger partial charge < -0.3 is 36.2 Å². The minimum absolute atomic E-state index is 0.0803. The predicted octanol–water partition coefficient (Wildman–Crippen LogP) is 2.58. The molecule has 16 nitrogen and oxygen atoms in total. The number of benzene rings is 1.